The lowest BCUT2D eigenvalue weighted by molar-refractivity contribution is 0.0817. The lowest BCUT2D eigenvalue weighted by atomic mass is 9.89. The van der Waals surface area contributed by atoms with Crippen LogP contribution in [0.3, 0.4) is 0 Å². The Labute approximate surface area is 104 Å². The Hall–Kier alpha value is -0.860. The van der Waals surface area contributed by atoms with E-state index in [1.54, 1.807) is 0 Å². The van der Waals surface area contributed by atoms with E-state index < -0.39 is 6.10 Å². The number of hydrogen-bond acceptors (Lipinski definition) is 2. The first-order valence-electron chi connectivity index (χ1n) is 6.47. The average molecular weight is 236 g/mol. The van der Waals surface area contributed by atoms with Gasteiger partial charge >= 0.3 is 0 Å². The molecule has 1 aromatic carbocycles. The third-order valence-corrected chi connectivity index (χ3v) is 3.33. The van der Waals surface area contributed by atoms with Crippen molar-refractivity contribution in [2.45, 2.75) is 51.6 Å². The highest BCUT2D eigenvalue weighted by molar-refractivity contribution is 5.27. The van der Waals surface area contributed by atoms with Crippen molar-refractivity contribution >= 4 is 0 Å². The molecule has 17 heavy (non-hydrogen) atoms. The molecular weight excluding hydrogens is 212 g/mol. The van der Waals surface area contributed by atoms with Crippen molar-refractivity contribution < 1.29 is 10.2 Å². The minimum Gasteiger partial charge on any atom is -0.394 e. The van der Waals surface area contributed by atoms with E-state index in [4.69, 9.17) is 5.11 Å². The number of aliphatic hydroxyl groups excluding tert-OH is 2. The summed E-state index contributed by atoms with van der Waals surface area (Å²) in [7, 11) is 0. The highest BCUT2D eigenvalue weighted by Crippen LogP contribution is 2.26. The molecule has 0 amide bonds. The van der Waals surface area contributed by atoms with Crippen LogP contribution in [0.2, 0.25) is 0 Å². The minimum absolute atomic E-state index is 0.152. The molecule has 1 aromatic rings. The molecule has 1 rings (SSSR count). The van der Waals surface area contributed by atoms with Crippen LogP contribution >= 0.6 is 0 Å². The van der Waals surface area contributed by atoms with Gasteiger partial charge in [0, 0.05) is 0 Å². The van der Waals surface area contributed by atoms with Crippen molar-refractivity contribution in [2.24, 2.45) is 0 Å². The Bertz CT molecular complexity index is 316. The van der Waals surface area contributed by atoms with Crippen molar-refractivity contribution in [3.05, 3.63) is 35.4 Å². The topological polar surface area (TPSA) is 40.5 Å². The van der Waals surface area contributed by atoms with E-state index in [-0.39, 0.29) is 6.61 Å². The van der Waals surface area contributed by atoms with Gasteiger partial charge in [-0.1, -0.05) is 45.0 Å². The Morgan fingerprint density at radius 3 is 2.00 bits per heavy atom. The first kappa shape index (κ1) is 14.2. The minimum atomic E-state index is -0.607. The highest BCUT2D eigenvalue weighted by Gasteiger charge is 2.14. The third kappa shape index (κ3) is 4.14. The predicted octanol–water partition coefficient (Wildman–Crippen LogP) is 3.05. The molecule has 2 atom stereocenters. The standard InChI is InChI=1S/C15H24O2/c1-4-12(9-15(17)10-16)14-7-5-13(6-8-14)11(2)3/h5-8,11-12,15-17H,4,9-10H2,1-3H3. The van der Waals surface area contributed by atoms with Crippen molar-refractivity contribution in [3.8, 4) is 0 Å². The second-order valence-corrected chi connectivity index (χ2v) is 5.00. The summed E-state index contributed by atoms with van der Waals surface area (Å²) in [5.41, 5.74) is 2.59. The van der Waals surface area contributed by atoms with E-state index in [0.717, 1.165) is 6.42 Å². The summed E-state index contributed by atoms with van der Waals surface area (Å²) in [5.74, 6) is 0.880. The Balaban J connectivity index is 2.75. The van der Waals surface area contributed by atoms with Crippen LogP contribution in [0.25, 0.3) is 0 Å². The fourth-order valence-corrected chi connectivity index (χ4v) is 2.09. The van der Waals surface area contributed by atoms with Gasteiger partial charge in [-0.3, -0.25) is 0 Å². The number of aliphatic hydroxyl groups is 2. The Morgan fingerprint density at radius 2 is 1.59 bits per heavy atom. The normalized spacial score (nSPS) is 14.9. The van der Waals surface area contributed by atoms with Gasteiger partial charge in [0.15, 0.2) is 0 Å². The summed E-state index contributed by atoms with van der Waals surface area (Å²) in [5, 5.41) is 18.4. The van der Waals surface area contributed by atoms with Gasteiger partial charge in [0.2, 0.25) is 0 Å². The van der Waals surface area contributed by atoms with Crippen LogP contribution in [-0.2, 0) is 0 Å². The molecule has 0 heterocycles. The molecule has 0 saturated heterocycles. The van der Waals surface area contributed by atoms with Gasteiger partial charge in [0.1, 0.15) is 0 Å². The van der Waals surface area contributed by atoms with Crippen LogP contribution < -0.4 is 0 Å². The summed E-state index contributed by atoms with van der Waals surface area (Å²) in [6.45, 7) is 6.33. The molecular formula is C15H24O2. The number of hydrogen-bond donors (Lipinski definition) is 2. The number of rotatable bonds is 6. The van der Waals surface area contributed by atoms with Gasteiger partial charge in [-0.25, -0.2) is 0 Å². The van der Waals surface area contributed by atoms with Crippen LogP contribution in [-0.4, -0.2) is 22.9 Å². The smallest absolute Gasteiger partial charge is 0.0776 e. The molecule has 0 aliphatic heterocycles. The molecule has 2 unspecified atom stereocenters. The van der Waals surface area contributed by atoms with E-state index >= 15 is 0 Å². The first-order chi connectivity index (χ1) is 8.08. The maximum absolute atomic E-state index is 9.51. The van der Waals surface area contributed by atoms with E-state index in [0.29, 0.717) is 18.3 Å². The monoisotopic (exact) mass is 236 g/mol. The Morgan fingerprint density at radius 1 is 1.06 bits per heavy atom. The van der Waals surface area contributed by atoms with E-state index in [9.17, 15) is 5.11 Å². The van der Waals surface area contributed by atoms with Gasteiger partial charge < -0.3 is 10.2 Å². The zero-order valence-electron chi connectivity index (χ0n) is 11.1. The van der Waals surface area contributed by atoms with Gasteiger partial charge in [0.25, 0.3) is 0 Å². The summed E-state index contributed by atoms with van der Waals surface area (Å²) >= 11 is 0. The SMILES string of the molecule is CCC(CC(O)CO)c1ccc(C(C)C)cc1. The lowest BCUT2D eigenvalue weighted by Crippen LogP contribution is -2.16. The van der Waals surface area contributed by atoms with E-state index in [1.165, 1.54) is 11.1 Å². The second kappa shape index (κ2) is 6.77. The molecule has 0 spiro atoms. The van der Waals surface area contributed by atoms with Gasteiger partial charge in [-0.2, -0.15) is 0 Å². The summed E-state index contributed by atoms with van der Waals surface area (Å²) in [6.07, 6.45) is 1.01. The second-order valence-electron chi connectivity index (χ2n) is 5.00. The molecule has 0 bridgehead atoms. The maximum Gasteiger partial charge on any atom is 0.0776 e. The van der Waals surface area contributed by atoms with E-state index in [2.05, 4.69) is 45.0 Å². The largest absolute Gasteiger partial charge is 0.394 e. The zero-order chi connectivity index (χ0) is 12.8. The maximum atomic E-state index is 9.51. The molecule has 96 valence electrons. The van der Waals surface area contributed by atoms with Gasteiger partial charge in [-0.05, 0) is 35.8 Å². The van der Waals surface area contributed by atoms with Crippen LogP contribution in [0, 0.1) is 0 Å². The van der Waals surface area contributed by atoms with Crippen LogP contribution in [0.5, 0.6) is 0 Å². The molecule has 0 aliphatic rings. The molecule has 0 aromatic heterocycles. The highest BCUT2D eigenvalue weighted by atomic mass is 16.3. The third-order valence-electron chi connectivity index (χ3n) is 3.33. The molecule has 2 heteroatoms. The van der Waals surface area contributed by atoms with Gasteiger partial charge in [0.05, 0.1) is 12.7 Å². The van der Waals surface area contributed by atoms with Crippen molar-refractivity contribution in [3.63, 3.8) is 0 Å². The Kier molecular flexibility index (Phi) is 5.66. The molecule has 0 fully saturated rings. The number of benzene rings is 1. The van der Waals surface area contributed by atoms with Crippen LogP contribution in [0.1, 0.15) is 56.6 Å². The average Bonchev–Trinajstić information content (AvgIpc) is 2.35. The summed E-state index contributed by atoms with van der Waals surface area (Å²) in [4.78, 5) is 0. The quantitative estimate of drug-likeness (QED) is 0.797. The lowest BCUT2D eigenvalue weighted by Gasteiger charge is -2.18. The zero-order valence-corrected chi connectivity index (χ0v) is 11.1. The van der Waals surface area contributed by atoms with Crippen molar-refractivity contribution in [2.75, 3.05) is 6.61 Å². The van der Waals surface area contributed by atoms with Crippen molar-refractivity contribution in [1.82, 2.24) is 0 Å². The summed E-state index contributed by atoms with van der Waals surface area (Å²) < 4.78 is 0. The van der Waals surface area contributed by atoms with Crippen LogP contribution in [0.4, 0.5) is 0 Å². The molecule has 0 saturated carbocycles. The first-order valence-corrected chi connectivity index (χ1v) is 6.47. The fourth-order valence-electron chi connectivity index (χ4n) is 2.09. The fraction of sp³-hybridized carbons (Fsp3) is 0.600. The molecule has 0 radical (unpaired) electrons. The molecule has 2 N–H and O–H groups in total. The van der Waals surface area contributed by atoms with Gasteiger partial charge in [-0.15, -0.1) is 0 Å². The molecule has 0 aliphatic carbocycles. The van der Waals surface area contributed by atoms with Crippen molar-refractivity contribution in [1.29, 1.82) is 0 Å². The van der Waals surface area contributed by atoms with Crippen LogP contribution in [0.15, 0.2) is 24.3 Å². The molecule has 2 nitrogen and oxygen atoms in total. The predicted molar refractivity (Wildman–Crippen MR) is 71.3 cm³/mol. The van der Waals surface area contributed by atoms with E-state index in [1.807, 2.05) is 0 Å². The summed E-state index contributed by atoms with van der Waals surface area (Å²) in [6, 6.07) is 8.61.